The highest BCUT2D eigenvalue weighted by Crippen LogP contribution is 2.47. The minimum absolute atomic E-state index is 0.138. The van der Waals surface area contributed by atoms with Crippen LogP contribution in [0.2, 0.25) is 5.02 Å². The van der Waals surface area contributed by atoms with Crippen LogP contribution in [0, 0.1) is 0 Å². The molecule has 0 bridgehead atoms. The summed E-state index contributed by atoms with van der Waals surface area (Å²) in [5.41, 5.74) is 2.74. The van der Waals surface area contributed by atoms with Gasteiger partial charge in [0.05, 0.1) is 18.9 Å². The highest BCUT2D eigenvalue weighted by molar-refractivity contribution is 6.30. The van der Waals surface area contributed by atoms with Gasteiger partial charge in [0.25, 0.3) is 0 Å². The molecule has 0 spiro atoms. The molecule has 24 heavy (non-hydrogen) atoms. The molecule has 5 heteroatoms. The number of benzene rings is 2. The monoisotopic (exact) mass is 342 g/mol. The van der Waals surface area contributed by atoms with Crippen LogP contribution in [0.1, 0.15) is 37.4 Å². The molecule has 0 aliphatic carbocycles. The van der Waals surface area contributed by atoms with Gasteiger partial charge in [-0.2, -0.15) is 5.10 Å². The van der Waals surface area contributed by atoms with Crippen LogP contribution in [0.25, 0.3) is 0 Å². The molecule has 2 heterocycles. The zero-order valence-corrected chi connectivity index (χ0v) is 14.7. The molecule has 2 aliphatic heterocycles. The molecule has 2 aliphatic rings. The first-order chi connectivity index (χ1) is 11.5. The van der Waals surface area contributed by atoms with Crippen LogP contribution in [0.3, 0.4) is 0 Å². The van der Waals surface area contributed by atoms with Gasteiger partial charge in [0.1, 0.15) is 11.5 Å². The molecular weight excluding hydrogens is 324 g/mol. The van der Waals surface area contributed by atoms with Gasteiger partial charge in [-0.15, -0.1) is 0 Å². The van der Waals surface area contributed by atoms with Crippen molar-refractivity contribution in [1.29, 1.82) is 0 Å². The fraction of sp³-hybridized carbons (Fsp3) is 0.316. The van der Waals surface area contributed by atoms with Gasteiger partial charge in [-0.25, -0.2) is 5.01 Å². The number of nitrogens with zero attached hydrogens (tertiary/aromatic N) is 2. The predicted octanol–water partition coefficient (Wildman–Crippen LogP) is 4.63. The third kappa shape index (κ3) is 2.42. The van der Waals surface area contributed by atoms with Crippen LogP contribution in [-0.4, -0.2) is 23.6 Å². The Balaban J connectivity index is 1.73. The van der Waals surface area contributed by atoms with Crippen LogP contribution in [0.4, 0.5) is 0 Å². The summed E-state index contributed by atoms with van der Waals surface area (Å²) in [4.78, 5) is 0. The van der Waals surface area contributed by atoms with Gasteiger partial charge in [-0.3, -0.25) is 0 Å². The summed E-state index contributed by atoms with van der Waals surface area (Å²) < 4.78 is 11.4. The third-order valence-electron chi connectivity index (χ3n) is 4.58. The Labute approximate surface area is 146 Å². The molecule has 4 nitrogen and oxygen atoms in total. The van der Waals surface area contributed by atoms with Crippen LogP contribution < -0.4 is 9.47 Å². The molecule has 124 valence electrons. The number of ether oxygens (including phenoxy) is 2. The van der Waals surface area contributed by atoms with E-state index >= 15 is 0 Å². The van der Waals surface area contributed by atoms with Gasteiger partial charge in [0, 0.05) is 17.0 Å². The first kappa shape index (κ1) is 15.3. The molecule has 0 aromatic heterocycles. The van der Waals surface area contributed by atoms with Crippen molar-refractivity contribution in [2.24, 2.45) is 5.10 Å². The van der Waals surface area contributed by atoms with Crippen LogP contribution >= 0.6 is 11.6 Å². The first-order valence-electron chi connectivity index (χ1n) is 7.97. The smallest absolute Gasteiger partial charge is 0.192 e. The van der Waals surface area contributed by atoms with Crippen molar-refractivity contribution >= 4 is 17.3 Å². The Morgan fingerprint density at radius 2 is 1.96 bits per heavy atom. The molecule has 0 saturated heterocycles. The molecular formula is C19H19ClN2O2. The summed E-state index contributed by atoms with van der Waals surface area (Å²) in [6.07, 6.45) is 0.826. The summed E-state index contributed by atoms with van der Waals surface area (Å²) >= 11 is 6.20. The average Bonchev–Trinajstić information content (AvgIpc) is 3.02. The minimum Gasteiger partial charge on any atom is -0.497 e. The van der Waals surface area contributed by atoms with E-state index in [1.807, 2.05) is 61.3 Å². The highest BCUT2D eigenvalue weighted by atomic mass is 35.5. The maximum atomic E-state index is 6.20. The van der Waals surface area contributed by atoms with E-state index in [-0.39, 0.29) is 6.04 Å². The highest BCUT2D eigenvalue weighted by Gasteiger charge is 2.44. The van der Waals surface area contributed by atoms with Crippen LogP contribution in [-0.2, 0) is 0 Å². The normalized spacial score (nSPS) is 20.8. The number of methoxy groups -OCH3 is 1. The van der Waals surface area contributed by atoms with E-state index in [1.54, 1.807) is 7.11 Å². The van der Waals surface area contributed by atoms with Gasteiger partial charge in [0.15, 0.2) is 5.72 Å². The third-order valence-corrected chi connectivity index (χ3v) is 4.81. The molecule has 0 fully saturated rings. The number of hydrazone groups is 1. The van der Waals surface area contributed by atoms with Crippen molar-refractivity contribution in [2.45, 2.75) is 32.0 Å². The summed E-state index contributed by atoms with van der Waals surface area (Å²) in [6.45, 7) is 4.08. The lowest BCUT2D eigenvalue weighted by Crippen LogP contribution is -2.48. The van der Waals surface area contributed by atoms with E-state index in [1.165, 1.54) is 0 Å². The van der Waals surface area contributed by atoms with E-state index < -0.39 is 5.72 Å². The van der Waals surface area contributed by atoms with Gasteiger partial charge in [-0.1, -0.05) is 11.6 Å². The van der Waals surface area contributed by atoms with E-state index in [4.69, 9.17) is 26.2 Å². The average molecular weight is 343 g/mol. The van der Waals surface area contributed by atoms with Crippen molar-refractivity contribution in [2.75, 3.05) is 7.11 Å². The van der Waals surface area contributed by atoms with Gasteiger partial charge in [0.2, 0.25) is 0 Å². The number of rotatable bonds is 2. The fourth-order valence-corrected chi connectivity index (χ4v) is 3.58. The summed E-state index contributed by atoms with van der Waals surface area (Å²) in [7, 11) is 1.67. The zero-order chi connectivity index (χ0) is 16.9. The van der Waals surface area contributed by atoms with Crippen molar-refractivity contribution in [1.82, 2.24) is 5.01 Å². The van der Waals surface area contributed by atoms with E-state index in [9.17, 15) is 0 Å². The minimum atomic E-state index is -0.500. The Hall–Kier alpha value is -2.20. The Bertz CT molecular complexity index is 815. The lowest BCUT2D eigenvalue weighted by molar-refractivity contribution is -0.0911. The Morgan fingerprint density at radius 1 is 1.21 bits per heavy atom. The quantitative estimate of drug-likeness (QED) is 0.798. The van der Waals surface area contributed by atoms with Gasteiger partial charge in [-0.05, 0) is 61.9 Å². The number of halogens is 1. The Morgan fingerprint density at radius 3 is 2.67 bits per heavy atom. The molecule has 0 N–H and O–H groups in total. The van der Waals surface area contributed by atoms with Crippen molar-refractivity contribution in [3.8, 4) is 11.5 Å². The summed E-state index contributed by atoms with van der Waals surface area (Å²) in [6, 6.07) is 13.9. The largest absolute Gasteiger partial charge is 0.497 e. The second-order valence-corrected chi connectivity index (χ2v) is 7.01. The van der Waals surface area contributed by atoms with Gasteiger partial charge < -0.3 is 9.47 Å². The maximum Gasteiger partial charge on any atom is 0.192 e. The topological polar surface area (TPSA) is 34.1 Å². The molecule has 1 atom stereocenters. The molecule has 0 unspecified atom stereocenters. The van der Waals surface area contributed by atoms with Crippen molar-refractivity contribution in [3.63, 3.8) is 0 Å². The summed E-state index contributed by atoms with van der Waals surface area (Å²) in [5, 5.41) is 7.62. The van der Waals surface area contributed by atoms with Crippen molar-refractivity contribution < 1.29 is 9.47 Å². The van der Waals surface area contributed by atoms with Gasteiger partial charge >= 0.3 is 0 Å². The first-order valence-corrected chi connectivity index (χ1v) is 8.35. The lowest BCUT2D eigenvalue weighted by atomic mass is 9.95. The number of hydrogen-bond donors (Lipinski definition) is 0. The van der Waals surface area contributed by atoms with Crippen molar-refractivity contribution in [3.05, 3.63) is 58.6 Å². The van der Waals surface area contributed by atoms with E-state index in [0.717, 1.165) is 39.8 Å². The molecule has 0 radical (unpaired) electrons. The fourth-order valence-electron chi connectivity index (χ4n) is 3.40. The molecule has 4 rings (SSSR count). The second kappa shape index (κ2) is 5.42. The summed E-state index contributed by atoms with van der Waals surface area (Å²) in [5.74, 6) is 1.73. The maximum absolute atomic E-state index is 6.20. The van der Waals surface area contributed by atoms with E-state index in [2.05, 4.69) is 0 Å². The van der Waals surface area contributed by atoms with Crippen LogP contribution in [0.15, 0.2) is 47.6 Å². The Kier molecular flexibility index (Phi) is 3.46. The lowest BCUT2D eigenvalue weighted by Gasteiger charge is -2.43. The molecule has 0 saturated carbocycles. The predicted molar refractivity (Wildman–Crippen MR) is 94.9 cm³/mol. The number of hydrogen-bond acceptors (Lipinski definition) is 4. The second-order valence-electron chi connectivity index (χ2n) is 6.57. The standard InChI is InChI=1S/C19H19ClN2O2/c1-19(2)22-17(15-10-13(20)6-9-18(15)24-19)11-16(21-22)12-4-7-14(23-3)8-5-12/h4-10,17H,11H2,1-3H3/t17-/m1/s1. The van der Waals surface area contributed by atoms with E-state index in [0.29, 0.717) is 0 Å². The SMILES string of the molecule is COc1ccc(C2=NN3[C@H](C2)c2cc(Cl)ccc2OC3(C)C)cc1. The number of fused-ring (bicyclic) bond motifs is 3. The zero-order valence-electron chi connectivity index (χ0n) is 13.9. The molecule has 2 aromatic carbocycles. The van der Waals surface area contributed by atoms with Crippen LogP contribution in [0.5, 0.6) is 11.5 Å². The molecule has 2 aromatic rings. The molecule has 0 amide bonds.